The first-order valence-electron chi connectivity index (χ1n) is 8.12. The van der Waals surface area contributed by atoms with Crippen LogP contribution in [0.15, 0.2) is 12.3 Å². The fourth-order valence-corrected chi connectivity index (χ4v) is 3.01. The molecule has 124 valence electrons. The first-order valence-corrected chi connectivity index (χ1v) is 8.12. The second kappa shape index (κ2) is 7.24. The van der Waals surface area contributed by atoms with E-state index in [4.69, 9.17) is 0 Å². The number of rotatable bonds is 6. The van der Waals surface area contributed by atoms with Crippen LogP contribution in [0, 0.1) is 5.92 Å². The van der Waals surface area contributed by atoms with Gasteiger partial charge in [0.25, 0.3) is 0 Å². The highest BCUT2D eigenvalue weighted by atomic mass is 16.3. The Labute approximate surface area is 132 Å². The van der Waals surface area contributed by atoms with E-state index in [2.05, 4.69) is 10.4 Å². The van der Waals surface area contributed by atoms with Crippen molar-refractivity contribution in [3.63, 3.8) is 0 Å². The first-order chi connectivity index (χ1) is 10.4. The van der Waals surface area contributed by atoms with E-state index in [1.165, 1.54) is 0 Å². The molecule has 1 saturated carbocycles. The van der Waals surface area contributed by atoms with Crippen LogP contribution < -0.4 is 5.32 Å². The zero-order valence-electron chi connectivity index (χ0n) is 14.0. The lowest BCUT2D eigenvalue weighted by Gasteiger charge is -2.28. The SMILES string of the molecule is CC(C(=O)Nc1ccnn1C(C)C)N(C)CC1CCCC1O. The maximum absolute atomic E-state index is 12.4. The van der Waals surface area contributed by atoms with E-state index in [9.17, 15) is 9.90 Å². The maximum atomic E-state index is 12.4. The van der Waals surface area contributed by atoms with Crippen LogP contribution in [0.3, 0.4) is 0 Å². The molecule has 1 aromatic heterocycles. The van der Waals surface area contributed by atoms with Gasteiger partial charge in [0.05, 0.1) is 18.3 Å². The summed E-state index contributed by atoms with van der Waals surface area (Å²) in [4.78, 5) is 14.4. The second-order valence-corrected chi connectivity index (χ2v) is 6.62. The summed E-state index contributed by atoms with van der Waals surface area (Å²) < 4.78 is 1.80. The molecule has 6 heteroatoms. The summed E-state index contributed by atoms with van der Waals surface area (Å²) >= 11 is 0. The normalized spacial score (nSPS) is 23.2. The summed E-state index contributed by atoms with van der Waals surface area (Å²) in [6.45, 7) is 6.70. The van der Waals surface area contributed by atoms with Crippen LogP contribution in [0.2, 0.25) is 0 Å². The van der Waals surface area contributed by atoms with Gasteiger partial charge in [0, 0.05) is 18.7 Å². The first kappa shape index (κ1) is 17.0. The molecule has 2 N–H and O–H groups in total. The topological polar surface area (TPSA) is 70.4 Å². The van der Waals surface area contributed by atoms with Gasteiger partial charge < -0.3 is 10.4 Å². The number of carbonyl (C=O) groups excluding carboxylic acids is 1. The number of likely N-dealkylation sites (N-methyl/N-ethyl adjacent to an activating group) is 1. The molecule has 1 heterocycles. The molecule has 0 bridgehead atoms. The molecule has 3 atom stereocenters. The molecular formula is C16H28N4O2. The number of aromatic nitrogens is 2. The van der Waals surface area contributed by atoms with Crippen molar-refractivity contribution in [3.05, 3.63) is 12.3 Å². The molecule has 22 heavy (non-hydrogen) atoms. The summed E-state index contributed by atoms with van der Waals surface area (Å²) in [5.41, 5.74) is 0. The number of hydrogen-bond donors (Lipinski definition) is 2. The zero-order valence-corrected chi connectivity index (χ0v) is 14.0. The van der Waals surface area contributed by atoms with Crippen LogP contribution in [-0.4, -0.2) is 51.4 Å². The molecule has 1 fully saturated rings. The summed E-state index contributed by atoms with van der Waals surface area (Å²) in [5.74, 6) is 0.958. The lowest BCUT2D eigenvalue weighted by Crippen LogP contribution is -2.43. The number of nitrogens with zero attached hydrogens (tertiary/aromatic N) is 3. The predicted molar refractivity (Wildman–Crippen MR) is 86.7 cm³/mol. The molecule has 0 spiro atoms. The summed E-state index contributed by atoms with van der Waals surface area (Å²) in [7, 11) is 1.94. The molecule has 1 aliphatic rings. The average Bonchev–Trinajstić information content (AvgIpc) is 3.07. The Kier molecular flexibility index (Phi) is 5.58. The van der Waals surface area contributed by atoms with Crippen molar-refractivity contribution in [2.24, 2.45) is 5.92 Å². The van der Waals surface area contributed by atoms with Crippen molar-refractivity contribution in [1.82, 2.24) is 14.7 Å². The Bertz CT molecular complexity index is 500. The quantitative estimate of drug-likeness (QED) is 0.842. The monoisotopic (exact) mass is 308 g/mol. The molecule has 3 unspecified atom stereocenters. The van der Waals surface area contributed by atoms with Crippen molar-refractivity contribution in [2.45, 2.75) is 58.2 Å². The molecule has 1 amide bonds. The minimum atomic E-state index is -0.247. The number of hydrogen-bond acceptors (Lipinski definition) is 4. The zero-order chi connectivity index (χ0) is 16.3. The smallest absolute Gasteiger partial charge is 0.242 e. The van der Waals surface area contributed by atoms with Crippen molar-refractivity contribution in [1.29, 1.82) is 0 Å². The van der Waals surface area contributed by atoms with E-state index in [1.807, 2.05) is 38.8 Å². The van der Waals surface area contributed by atoms with Gasteiger partial charge in [-0.3, -0.25) is 9.69 Å². The van der Waals surface area contributed by atoms with Crippen molar-refractivity contribution < 1.29 is 9.90 Å². The molecule has 6 nitrogen and oxygen atoms in total. The third-order valence-corrected chi connectivity index (χ3v) is 4.59. The van der Waals surface area contributed by atoms with E-state index in [0.29, 0.717) is 0 Å². The Balaban J connectivity index is 1.92. The molecular weight excluding hydrogens is 280 g/mol. The van der Waals surface area contributed by atoms with Crippen LogP contribution in [-0.2, 0) is 4.79 Å². The third-order valence-electron chi connectivity index (χ3n) is 4.59. The van der Waals surface area contributed by atoms with Crippen LogP contribution >= 0.6 is 0 Å². The van der Waals surface area contributed by atoms with Crippen LogP contribution in [0.5, 0.6) is 0 Å². The van der Waals surface area contributed by atoms with Gasteiger partial charge in [0.2, 0.25) is 5.91 Å². The second-order valence-electron chi connectivity index (χ2n) is 6.62. The maximum Gasteiger partial charge on any atom is 0.242 e. The standard InChI is InChI=1S/C16H28N4O2/c1-11(2)20-15(8-9-17-20)18-16(22)12(3)19(4)10-13-6-5-7-14(13)21/h8-9,11-14,21H,5-7,10H2,1-4H3,(H,18,22). The number of amides is 1. The molecule has 0 aromatic carbocycles. The van der Waals surface area contributed by atoms with Crippen molar-refractivity contribution in [3.8, 4) is 0 Å². The summed E-state index contributed by atoms with van der Waals surface area (Å²) in [6, 6.07) is 1.76. The Morgan fingerprint density at radius 1 is 1.50 bits per heavy atom. The van der Waals surface area contributed by atoms with E-state index < -0.39 is 0 Å². The van der Waals surface area contributed by atoms with Gasteiger partial charge in [-0.25, -0.2) is 4.68 Å². The average molecular weight is 308 g/mol. The van der Waals surface area contributed by atoms with Crippen LogP contribution in [0.25, 0.3) is 0 Å². The molecule has 0 aliphatic heterocycles. The Morgan fingerprint density at radius 3 is 2.82 bits per heavy atom. The number of aliphatic hydroxyl groups is 1. The molecule has 1 aliphatic carbocycles. The fourth-order valence-electron chi connectivity index (χ4n) is 3.01. The molecule has 0 saturated heterocycles. The highest BCUT2D eigenvalue weighted by Gasteiger charge is 2.29. The molecule has 2 rings (SSSR count). The van der Waals surface area contributed by atoms with Gasteiger partial charge in [-0.2, -0.15) is 5.10 Å². The van der Waals surface area contributed by atoms with Gasteiger partial charge in [-0.1, -0.05) is 6.42 Å². The predicted octanol–water partition coefficient (Wildman–Crippen LogP) is 1.88. The Morgan fingerprint density at radius 2 is 2.23 bits per heavy atom. The van der Waals surface area contributed by atoms with Crippen LogP contribution in [0.4, 0.5) is 5.82 Å². The lowest BCUT2D eigenvalue weighted by atomic mass is 10.0. The number of aliphatic hydroxyl groups excluding tert-OH is 1. The highest BCUT2D eigenvalue weighted by molar-refractivity contribution is 5.93. The van der Waals surface area contributed by atoms with Gasteiger partial charge >= 0.3 is 0 Å². The van der Waals surface area contributed by atoms with Crippen molar-refractivity contribution in [2.75, 3.05) is 18.9 Å². The van der Waals surface area contributed by atoms with Gasteiger partial charge in [0.15, 0.2) is 0 Å². The van der Waals surface area contributed by atoms with E-state index in [1.54, 1.807) is 10.9 Å². The highest BCUT2D eigenvalue weighted by Crippen LogP contribution is 2.26. The minimum absolute atomic E-state index is 0.0441. The van der Waals surface area contributed by atoms with Crippen molar-refractivity contribution >= 4 is 11.7 Å². The Hall–Kier alpha value is -1.40. The van der Waals surface area contributed by atoms with E-state index in [-0.39, 0.29) is 30.0 Å². The number of anilines is 1. The van der Waals surface area contributed by atoms with Gasteiger partial charge in [-0.15, -0.1) is 0 Å². The van der Waals surface area contributed by atoms with Crippen LogP contribution in [0.1, 0.15) is 46.1 Å². The van der Waals surface area contributed by atoms with Gasteiger partial charge in [0.1, 0.15) is 5.82 Å². The fraction of sp³-hybridized carbons (Fsp3) is 0.750. The molecule has 0 radical (unpaired) electrons. The van der Waals surface area contributed by atoms with Gasteiger partial charge in [-0.05, 0) is 46.6 Å². The van der Waals surface area contributed by atoms with E-state index in [0.717, 1.165) is 31.6 Å². The minimum Gasteiger partial charge on any atom is -0.393 e. The largest absolute Gasteiger partial charge is 0.393 e. The van der Waals surface area contributed by atoms with E-state index >= 15 is 0 Å². The third kappa shape index (κ3) is 3.87. The summed E-state index contributed by atoms with van der Waals surface area (Å²) in [6.07, 6.45) is 4.47. The lowest BCUT2D eigenvalue weighted by molar-refractivity contribution is -0.120. The number of nitrogens with one attached hydrogen (secondary N) is 1. The summed E-state index contributed by atoms with van der Waals surface area (Å²) in [5, 5.41) is 17.1. The number of carbonyl (C=O) groups is 1. The molecule has 1 aromatic rings.